The Morgan fingerprint density at radius 3 is 2.66 bits per heavy atom. The number of fused-ring (bicyclic) bond motifs is 1. The number of alkyl halides is 3. The molecule has 0 unspecified atom stereocenters. The number of hydrogen-bond acceptors (Lipinski definition) is 6. The fourth-order valence-corrected chi connectivity index (χ4v) is 4.06. The second kappa shape index (κ2) is 9.27. The average Bonchev–Trinajstić information content (AvgIpc) is 3.25. The number of carbonyl (C=O) groups is 1. The van der Waals surface area contributed by atoms with E-state index in [1.165, 1.54) is 0 Å². The molecule has 4 heterocycles. The van der Waals surface area contributed by atoms with Crippen molar-refractivity contribution in [3.8, 4) is 5.88 Å². The molecule has 2 atom stereocenters. The number of aliphatic carboxylic acids is 1. The van der Waals surface area contributed by atoms with Crippen LogP contribution in [-0.2, 0) is 14.3 Å². The Kier molecular flexibility index (Phi) is 6.97. The van der Waals surface area contributed by atoms with Gasteiger partial charge in [0.2, 0.25) is 5.88 Å². The predicted octanol–water partition coefficient (Wildman–Crippen LogP) is 2.22. The number of likely N-dealkylation sites (tertiary alicyclic amines) is 1. The maximum atomic E-state index is 10.6. The molecule has 1 aromatic rings. The van der Waals surface area contributed by atoms with E-state index in [0.717, 1.165) is 52.4 Å². The third kappa shape index (κ3) is 5.58. The molecule has 0 amide bonds. The molecule has 3 aliphatic rings. The maximum Gasteiger partial charge on any atom is 0.490 e. The molecule has 0 aliphatic carbocycles. The standard InChI is InChI=1S/C17H24N2O3.C2HF3O2/c1-2-6-18-16(3-1)22-13-17-11-19(9-14(17)10-21-12-17)15-4-7-20-8-5-15;3-2(4,5)1(6)7/h1-3,6,14-15H,4-5,7-13H2;(H,6,7)/t14-,17+;/m1./s1. The minimum atomic E-state index is -5.08. The van der Waals surface area contributed by atoms with E-state index in [4.69, 9.17) is 24.1 Å². The monoisotopic (exact) mass is 418 g/mol. The number of hydrogen-bond donors (Lipinski definition) is 1. The van der Waals surface area contributed by atoms with Crippen molar-refractivity contribution < 1.29 is 37.3 Å². The molecule has 3 fully saturated rings. The molecule has 1 N–H and O–H groups in total. The topological polar surface area (TPSA) is 81.1 Å². The van der Waals surface area contributed by atoms with Crippen molar-refractivity contribution in [2.24, 2.45) is 11.3 Å². The van der Waals surface area contributed by atoms with Gasteiger partial charge in [-0.05, 0) is 18.9 Å². The van der Waals surface area contributed by atoms with E-state index in [-0.39, 0.29) is 5.41 Å². The summed E-state index contributed by atoms with van der Waals surface area (Å²) in [5, 5.41) is 7.12. The van der Waals surface area contributed by atoms with Crippen LogP contribution in [-0.4, -0.2) is 79.3 Å². The van der Waals surface area contributed by atoms with Crippen molar-refractivity contribution in [3.63, 3.8) is 0 Å². The Bertz CT molecular complexity index is 670. The van der Waals surface area contributed by atoms with Gasteiger partial charge in [-0.25, -0.2) is 9.78 Å². The molecule has 1 aromatic heterocycles. The molecule has 29 heavy (non-hydrogen) atoms. The highest BCUT2D eigenvalue weighted by atomic mass is 19.4. The van der Waals surface area contributed by atoms with Gasteiger partial charge in [0.25, 0.3) is 0 Å². The molecule has 0 bridgehead atoms. The molecule has 10 heteroatoms. The molecule has 0 saturated carbocycles. The van der Waals surface area contributed by atoms with Gasteiger partial charge in [0.15, 0.2) is 0 Å². The lowest BCUT2D eigenvalue weighted by Gasteiger charge is -2.33. The van der Waals surface area contributed by atoms with E-state index in [1.807, 2.05) is 18.2 Å². The highest BCUT2D eigenvalue weighted by molar-refractivity contribution is 5.73. The number of carboxylic acids is 1. The van der Waals surface area contributed by atoms with Crippen molar-refractivity contribution in [1.82, 2.24) is 9.88 Å². The van der Waals surface area contributed by atoms with E-state index in [0.29, 0.717) is 24.4 Å². The third-order valence-corrected chi connectivity index (χ3v) is 5.64. The van der Waals surface area contributed by atoms with Gasteiger partial charge < -0.3 is 19.3 Å². The van der Waals surface area contributed by atoms with Gasteiger partial charge in [0.1, 0.15) is 0 Å². The molecule has 3 saturated heterocycles. The zero-order valence-corrected chi connectivity index (χ0v) is 15.9. The largest absolute Gasteiger partial charge is 0.490 e. The summed E-state index contributed by atoms with van der Waals surface area (Å²) in [4.78, 5) is 15.8. The maximum absolute atomic E-state index is 10.6. The van der Waals surface area contributed by atoms with E-state index >= 15 is 0 Å². The van der Waals surface area contributed by atoms with E-state index in [9.17, 15) is 13.2 Å². The van der Waals surface area contributed by atoms with Crippen LogP contribution in [0.5, 0.6) is 5.88 Å². The van der Waals surface area contributed by atoms with Crippen LogP contribution in [0.1, 0.15) is 12.8 Å². The van der Waals surface area contributed by atoms with Gasteiger partial charge >= 0.3 is 12.1 Å². The number of halogens is 3. The number of rotatable bonds is 4. The van der Waals surface area contributed by atoms with Gasteiger partial charge in [0.05, 0.1) is 19.8 Å². The van der Waals surface area contributed by atoms with Crippen LogP contribution in [0.2, 0.25) is 0 Å². The smallest absolute Gasteiger partial charge is 0.477 e. The third-order valence-electron chi connectivity index (χ3n) is 5.64. The average molecular weight is 418 g/mol. The van der Waals surface area contributed by atoms with Crippen molar-refractivity contribution in [2.75, 3.05) is 46.1 Å². The highest BCUT2D eigenvalue weighted by Crippen LogP contribution is 2.43. The number of carboxylic acid groups (broad SMARTS) is 1. The summed E-state index contributed by atoms with van der Waals surface area (Å²) >= 11 is 0. The molecule has 4 rings (SSSR count). The SMILES string of the molecule is O=C(O)C(F)(F)F.c1ccc(OC[C@]23COC[C@H]2CN(C2CCOCC2)C3)nc1. The Labute approximate surface area is 166 Å². The van der Waals surface area contributed by atoms with Crippen LogP contribution in [0.4, 0.5) is 13.2 Å². The molecular formula is C19H25F3N2O5. The lowest BCUT2D eigenvalue weighted by atomic mass is 9.82. The zero-order valence-electron chi connectivity index (χ0n) is 15.9. The van der Waals surface area contributed by atoms with E-state index in [1.54, 1.807) is 6.20 Å². The van der Waals surface area contributed by atoms with Gasteiger partial charge in [0, 0.05) is 55.9 Å². The van der Waals surface area contributed by atoms with Crippen LogP contribution >= 0.6 is 0 Å². The fourth-order valence-electron chi connectivity index (χ4n) is 4.06. The Balaban J connectivity index is 0.000000298. The molecule has 0 radical (unpaired) electrons. The van der Waals surface area contributed by atoms with Crippen molar-refractivity contribution in [2.45, 2.75) is 25.1 Å². The van der Waals surface area contributed by atoms with Crippen molar-refractivity contribution in [3.05, 3.63) is 24.4 Å². The van der Waals surface area contributed by atoms with Crippen LogP contribution in [0.25, 0.3) is 0 Å². The summed E-state index contributed by atoms with van der Waals surface area (Å²) in [6, 6.07) is 6.47. The minimum Gasteiger partial charge on any atom is -0.477 e. The Morgan fingerprint density at radius 1 is 1.31 bits per heavy atom. The van der Waals surface area contributed by atoms with Crippen LogP contribution < -0.4 is 4.74 Å². The summed E-state index contributed by atoms with van der Waals surface area (Å²) < 4.78 is 49.0. The van der Waals surface area contributed by atoms with Gasteiger partial charge in [-0.3, -0.25) is 4.90 Å². The van der Waals surface area contributed by atoms with Crippen LogP contribution in [0, 0.1) is 11.3 Å². The normalized spacial score (nSPS) is 27.8. The lowest BCUT2D eigenvalue weighted by Crippen LogP contribution is -2.41. The van der Waals surface area contributed by atoms with Crippen LogP contribution in [0.3, 0.4) is 0 Å². The second-order valence-corrected chi connectivity index (χ2v) is 7.61. The first kappa shape index (κ1) is 21.8. The predicted molar refractivity (Wildman–Crippen MR) is 95.6 cm³/mol. The molecule has 3 aliphatic heterocycles. The summed E-state index contributed by atoms with van der Waals surface area (Å²) in [5.74, 6) is -1.46. The molecule has 0 aromatic carbocycles. The Morgan fingerprint density at radius 2 is 2.03 bits per heavy atom. The highest BCUT2D eigenvalue weighted by Gasteiger charge is 2.52. The summed E-state index contributed by atoms with van der Waals surface area (Å²) in [7, 11) is 0. The van der Waals surface area contributed by atoms with Gasteiger partial charge in [-0.1, -0.05) is 6.07 Å². The second-order valence-electron chi connectivity index (χ2n) is 7.61. The Hall–Kier alpha value is -1.91. The summed E-state index contributed by atoms with van der Waals surface area (Å²) in [5.41, 5.74) is 0.135. The number of nitrogens with zero attached hydrogens (tertiary/aromatic N) is 2. The van der Waals surface area contributed by atoms with Crippen molar-refractivity contribution >= 4 is 5.97 Å². The number of pyridine rings is 1. The zero-order chi connectivity index (χ0) is 20.9. The number of ether oxygens (including phenoxy) is 3. The van der Waals surface area contributed by atoms with Crippen molar-refractivity contribution in [1.29, 1.82) is 0 Å². The summed E-state index contributed by atoms with van der Waals surface area (Å²) in [6.45, 7) is 6.40. The van der Waals surface area contributed by atoms with E-state index < -0.39 is 12.1 Å². The van der Waals surface area contributed by atoms with Gasteiger partial charge in [-0.15, -0.1) is 0 Å². The first-order valence-electron chi connectivity index (χ1n) is 9.54. The molecule has 7 nitrogen and oxygen atoms in total. The lowest BCUT2D eigenvalue weighted by molar-refractivity contribution is -0.192. The molecular weight excluding hydrogens is 393 g/mol. The quantitative estimate of drug-likeness (QED) is 0.803. The van der Waals surface area contributed by atoms with E-state index in [2.05, 4.69) is 9.88 Å². The molecule has 162 valence electrons. The first-order valence-corrected chi connectivity index (χ1v) is 9.54. The molecule has 0 spiro atoms. The van der Waals surface area contributed by atoms with Gasteiger partial charge in [-0.2, -0.15) is 13.2 Å². The summed E-state index contributed by atoms with van der Waals surface area (Å²) in [6.07, 6.45) is -0.992. The minimum absolute atomic E-state index is 0.135. The van der Waals surface area contributed by atoms with Crippen LogP contribution in [0.15, 0.2) is 24.4 Å². The number of aromatic nitrogens is 1. The first-order chi connectivity index (χ1) is 13.8. The fraction of sp³-hybridized carbons (Fsp3) is 0.684.